The number of carbonyl (C=O) groups is 2. The molecule has 0 spiro atoms. The van der Waals surface area contributed by atoms with Crippen molar-refractivity contribution >= 4 is 23.1 Å². The first-order valence-corrected chi connectivity index (χ1v) is 11.7. The van der Waals surface area contributed by atoms with Crippen LogP contribution in [0.25, 0.3) is 5.57 Å². The quantitative estimate of drug-likeness (QED) is 0.419. The molecule has 34 heavy (non-hydrogen) atoms. The Hall–Kier alpha value is -3.86. The molecule has 1 aliphatic rings. The Morgan fingerprint density at radius 1 is 0.794 bits per heavy atom. The molecule has 1 N–H and O–H groups in total. The second kappa shape index (κ2) is 10.4. The molecule has 0 bridgehead atoms. The largest absolute Gasteiger partial charge is 0.494 e. The van der Waals surface area contributed by atoms with Gasteiger partial charge in [0.1, 0.15) is 11.4 Å². The Bertz CT molecular complexity index is 1190. The van der Waals surface area contributed by atoms with Gasteiger partial charge in [-0.05, 0) is 60.7 Å². The molecule has 5 heteroatoms. The van der Waals surface area contributed by atoms with Gasteiger partial charge in [-0.1, -0.05) is 67.9 Å². The van der Waals surface area contributed by atoms with Gasteiger partial charge in [-0.15, -0.1) is 0 Å². The van der Waals surface area contributed by atoms with Crippen molar-refractivity contribution in [3.63, 3.8) is 0 Å². The van der Waals surface area contributed by atoms with Gasteiger partial charge in [-0.25, -0.2) is 0 Å². The van der Waals surface area contributed by atoms with E-state index in [1.807, 2.05) is 79.7 Å². The highest BCUT2D eigenvalue weighted by Crippen LogP contribution is 2.32. The number of hydrogen-bond donors (Lipinski definition) is 1. The molecule has 0 radical (unpaired) electrons. The number of ether oxygens (including phenoxy) is 1. The summed E-state index contributed by atoms with van der Waals surface area (Å²) in [6, 6.07) is 23.1. The van der Waals surface area contributed by atoms with E-state index in [2.05, 4.69) is 19.2 Å². The Kier molecular flexibility index (Phi) is 7.12. The molecule has 0 aromatic heterocycles. The fourth-order valence-electron chi connectivity index (χ4n) is 3.89. The second-order valence-electron chi connectivity index (χ2n) is 8.48. The SMILES string of the molecule is CCCOc1ccc(C2=C(Nc3ccc(CC)cc3)C(=O)N(Cc3ccc(C)cc3)C2=O)cc1. The van der Waals surface area contributed by atoms with Crippen LogP contribution in [-0.4, -0.2) is 23.3 Å². The third-order valence-electron chi connectivity index (χ3n) is 5.88. The third-order valence-corrected chi connectivity index (χ3v) is 5.88. The van der Waals surface area contributed by atoms with Crippen LogP contribution in [0, 0.1) is 6.92 Å². The Balaban J connectivity index is 1.68. The van der Waals surface area contributed by atoms with Gasteiger partial charge in [0.15, 0.2) is 0 Å². The lowest BCUT2D eigenvalue weighted by atomic mass is 10.0. The second-order valence-corrected chi connectivity index (χ2v) is 8.48. The summed E-state index contributed by atoms with van der Waals surface area (Å²) in [6.45, 7) is 7.01. The van der Waals surface area contributed by atoms with Crippen molar-refractivity contribution in [2.45, 2.75) is 40.2 Å². The summed E-state index contributed by atoms with van der Waals surface area (Å²) in [4.78, 5) is 28.3. The number of nitrogens with one attached hydrogen (secondary N) is 1. The normalized spacial score (nSPS) is 13.6. The van der Waals surface area contributed by atoms with Gasteiger partial charge < -0.3 is 10.1 Å². The van der Waals surface area contributed by atoms with E-state index in [1.165, 1.54) is 10.5 Å². The monoisotopic (exact) mass is 454 g/mol. The lowest BCUT2D eigenvalue weighted by Crippen LogP contribution is -2.32. The van der Waals surface area contributed by atoms with E-state index in [-0.39, 0.29) is 18.4 Å². The van der Waals surface area contributed by atoms with Gasteiger partial charge >= 0.3 is 0 Å². The van der Waals surface area contributed by atoms with E-state index >= 15 is 0 Å². The van der Waals surface area contributed by atoms with Crippen molar-refractivity contribution < 1.29 is 14.3 Å². The maximum atomic E-state index is 13.5. The summed E-state index contributed by atoms with van der Waals surface area (Å²) in [5.41, 5.74) is 5.36. The maximum absolute atomic E-state index is 13.5. The number of rotatable bonds is 9. The minimum absolute atomic E-state index is 0.221. The van der Waals surface area contributed by atoms with E-state index in [0.717, 1.165) is 35.4 Å². The highest BCUT2D eigenvalue weighted by atomic mass is 16.5. The maximum Gasteiger partial charge on any atom is 0.278 e. The molecular weight excluding hydrogens is 424 g/mol. The van der Waals surface area contributed by atoms with E-state index < -0.39 is 0 Å². The number of nitrogens with zero attached hydrogens (tertiary/aromatic N) is 1. The van der Waals surface area contributed by atoms with E-state index in [0.29, 0.717) is 23.4 Å². The molecule has 0 saturated carbocycles. The van der Waals surface area contributed by atoms with Crippen LogP contribution in [0.3, 0.4) is 0 Å². The predicted molar refractivity (Wildman–Crippen MR) is 135 cm³/mol. The molecule has 0 unspecified atom stereocenters. The topological polar surface area (TPSA) is 58.6 Å². The molecule has 0 fully saturated rings. The minimum Gasteiger partial charge on any atom is -0.494 e. The van der Waals surface area contributed by atoms with Crippen LogP contribution in [0.2, 0.25) is 0 Å². The average Bonchev–Trinajstić information content (AvgIpc) is 3.09. The Morgan fingerprint density at radius 3 is 2.06 bits per heavy atom. The van der Waals surface area contributed by atoms with Gasteiger partial charge in [0.05, 0.1) is 18.7 Å². The number of aryl methyl sites for hydroxylation is 2. The van der Waals surface area contributed by atoms with Gasteiger partial charge in [0.2, 0.25) is 0 Å². The zero-order valence-corrected chi connectivity index (χ0v) is 19.9. The van der Waals surface area contributed by atoms with Crippen LogP contribution >= 0.6 is 0 Å². The van der Waals surface area contributed by atoms with Crippen molar-refractivity contribution in [1.29, 1.82) is 0 Å². The van der Waals surface area contributed by atoms with Crippen LogP contribution in [0.1, 0.15) is 42.5 Å². The summed E-state index contributed by atoms with van der Waals surface area (Å²) in [7, 11) is 0. The minimum atomic E-state index is -0.327. The lowest BCUT2D eigenvalue weighted by Gasteiger charge is -2.15. The molecule has 5 nitrogen and oxygen atoms in total. The van der Waals surface area contributed by atoms with Crippen molar-refractivity contribution in [3.05, 3.63) is 101 Å². The molecule has 0 aliphatic carbocycles. The molecule has 0 atom stereocenters. The highest BCUT2D eigenvalue weighted by Gasteiger charge is 2.39. The fraction of sp³-hybridized carbons (Fsp3) is 0.241. The molecule has 3 aromatic carbocycles. The van der Waals surface area contributed by atoms with Crippen LogP contribution < -0.4 is 10.1 Å². The third kappa shape index (κ3) is 5.04. The lowest BCUT2D eigenvalue weighted by molar-refractivity contribution is -0.137. The number of anilines is 1. The van der Waals surface area contributed by atoms with Gasteiger partial charge in [-0.2, -0.15) is 0 Å². The summed E-state index contributed by atoms with van der Waals surface area (Å²) in [5, 5.41) is 3.23. The molecule has 1 aliphatic heterocycles. The number of carbonyl (C=O) groups excluding carboxylic acids is 2. The molecule has 0 saturated heterocycles. The Morgan fingerprint density at radius 2 is 1.44 bits per heavy atom. The van der Waals surface area contributed by atoms with E-state index in [9.17, 15) is 9.59 Å². The van der Waals surface area contributed by atoms with E-state index in [1.54, 1.807) is 0 Å². The number of imide groups is 1. The van der Waals surface area contributed by atoms with Gasteiger partial charge in [0, 0.05) is 5.69 Å². The molecule has 3 aromatic rings. The van der Waals surface area contributed by atoms with Crippen molar-refractivity contribution in [2.75, 3.05) is 11.9 Å². The zero-order valence-electron chi connectivity index (χ0n) is 19.9. The van der Waals surface area contributed by atoms with Gasteiger partial charge in [-0.3, -0.25) is 14.5 Å². The first-order valence-electron chi connectivity index (χ1n) is 11.7. The molecule has 4 rings (SSSR count). The number of amides is 2. The van der Waals surface area contributed by atoms with E-state index in [4.69, 9.17) is 4.74 Å². The molecule has 174 valence electrons. The van der Waals surface area contributed by atoms with Crippen molar-refractivity contribution in [2.24, 2.45) is 0 Å². The van der Waals surface area contributed by atoms with Crippen molar-refractivity contribution in [1.82, 2.24) is 4.90 Å². The van der Waals surface area contributed by atoms with Gasteiger partial charge in [0.25, 0.3) is 11.8 Å². The summed E-state index contributed by atoms with van der Waals surface area (Å²) in [6.07, 6.45) is 1.85. The van der Waals surface area contributed by atoms with Crippen LogP contribution in [0.4, 0.5) is 5.69 Å². The highest BCUT2D eigenvalue weighted by molar-refractivity contribution is 6.36. The van der Waals surface area contributed by atoms with Crippen LogP contribution in [0.15, 0.2) is 78.5 Å². The summed E-state index contributed by atoms with van der Waals surface area (Å²) < 4.78 is 5.68. The molecule has 1 heterocycles. The fourth-order valence-corrected chi connectivity index (χ4v) is 3.89. The molecule has 2 amide bonds. The first-order chi connectivity index (χ1) is 16.5. The smallest absolute Gasteiger partial charge is 0.278 e. The zero-order chi connectivity index (χ0) is 24.1. The average molecular weight is 455 g/mol. The summed E-state index contributed by atoms with van der Waals surface area (Å²) >= 11 is 0. The summed E-state index contributed by atoms with van der Waals surface area (Å²) in [5.74, 6) is 0.107. The number of hydrogen-bond acceptors (Lipinski definition) is 4. The van der Waals surface area contributed by atoms with Crippen molar-refractivity contribution in [3.8, 4) is 5.75 Å². The standard InChI is InChI=1S/C29H30N2O3/c1-4-18-34-25-16-12-23(13-17-25)26-27(30-24-14-10-21(5-2)11-15-24)29(33)31(28(26)32)19-22-8-6-20(3)7-9-22/h6-17,30H,4-5,18-19H2,1-3H3. The van der Waals surface area contributed by atoms with Crippen LogP contribution in [-0.2, 0) is 22.6 Å². The molecular formula is C29H30N2O3. The Labute approximate surface area is 201 Å². The predicted octanol–water partition coefficient (Wildman–Crippen LogP) is 5.74. The number of benzene rings is 3. The van der Waals surface area contributed by atoms with Crippen LogP contribution in [0.5, 0.6) is 5.75 Å². The first kappa shape index (κ1) is 23.3.